The Hall–Kier alpha value is -2.93. The summed E-state index contributed by atoms with van der Waals surface area (Å²) >= 11 is 0. The average molecular weight is 358 g/mol. The third kappa shape index (κ3) is 4.58. The van der Waals surface area contributed by atoms with Crippen LogP contribution in [0.4, 0.5) is 15.8 Å². The molecular weight excluding hydrogens is 339 g/mol. The van der Waals surface area contributed by atoms with Crippen molar-refractivity contribution in [2.75, 3.05) is 38.2 Å². The number of anilines is 2. The fourth-order valence-corrected chi connectivity index (χ4v) is 2.57. The molecule has 0 bridgehead atoms. The Balaban J connectivity index is 1.63. The fraction of sp³-hybridized carbons (Fsp3) is 0.263. The first-order valence-corrected chi connectivity index (χ1v) is 8.28. The predicted octanol–water partition coefficient (Wildman–Crippen LogP) is 2.58. The van der Waals surface area contributed by atoms with Crippen molar-refractivity contribution in [3.05, 3.63) is 59.9 Å². The molecule has 0 unspecified atom stereocenters. The quantitative estimate of drug-likeness (QED) is 0.832. The molecule has 6 nitrogen and oxygen atoms in total. The number of nitrogens with one attached hydrogen (secondary N) is 1. The minimum Gasteiger partial charge on any atom is -0.452 e. The minimum absolute atomic E-state index is 0.245. The topological polar surface area (TPSA) is 67.9 Å². The number of ether oxygens (including phenoxy) is 2. The molecule has 1 amide bonds. The maximum atomic E-state index is 13.0. The number of halogens is 1. The van der Waals surface area contributed by atoms with E-state index < -0.39 is 5.97 Å². The molecule has 0 saturated carbocycles. The second-order valence-electron chi connectivity index (χ2n) is 5.75. The second-order valence-corrected chi connectivity index (χ2v) is 5.75. The number of para-hydroxylation sites is 1. The number of esters is 1. The molecule has 0 aromatic heterocycles. The predicted molar refractivity (Wildman–Crippen MR) is 93.8 cm³/mol. The average Bonchev–Trinajstić information content (AvgIpc) is 2.68. The molecule has 2 aromatic rings. The lowest BCUT2D eigenvalue weighted by atomic mass is 10.1. The van der Waals surface area contributed by atoms with Gasteiger partial charge in [0.15, 0.2) is 6.61 Å². The van der Waals surface area contributed by atoms with Gasteiger partial charge in [-0.05, 0) is 36.4 Å². The molecule has 1 fully saturated rings. The molecule has 0 atom stereocenters. The molecule has 1 N–H and O–H groups in total. The molecule has 1 aliphatic rings. The largest absolute Gasteiger partial charge is 0.452 e. The lowest BCUT2D eigenvalue weighted by Crippen LogP contribution is -2.42. The van der Waals surface area contributed by atoms with Crippen LogP contribution in [0.1, 0.15) is 10.4 Å². The Bertz CT molecular complexity index is 773. The van der Waals surface area contributed by atoms with E-state index in [0.29, 0.717) is 43.2 Å². The lowest BCUT2D eigenvalue weighted by Gasteiger charge is -2.26. The summed E-state index contributed by atoms with van der Waals surface area (Å²) in [6.45, 7) is 1.66. The molecule has 1 heterocycles. The standard InChI is InChI=1S/C19H19FN2O4/c20-14-5-7-15(8-6-14)21-17-4-2-1-3-16(17)19(24)26-13-18(23)22-9-11-25-12-10-22/h1-8,21H,9-13H2. The van der Waals surface area contributed by atoms with Crippen LogP contribution >= 0.6 is 0 Å². The monoisotopic (exact) mass is 358 g/mol. The van der Waals surface area contributed by atoms with Crippen molar-refractivity contribution in [1.82, 2.24) is 4.90 Å². The van der Waals surface area contributed by atoms with Crippen molar-refractivity contribution in [2.45, 2.75) is 0 Å². The zero-order chi connectivity index (χ0) is 18.4. The van der Waals surface area contributed by atoms with E-state index in [4.69, 9.17) is 9.47 Å². The number of hydrogen-bond donors (Lipinski definition) is 1. The van der Waals surface area contributed by atoms with E-state index in [1.807, 2.05) is 0 Å². The summed E-state index contributed by atoms with van der Waals surface area (Å²) in [4.78, 5) is 26.1. The zero-order valence-corrected chi connectivity index (χ0v) is 14.1. The Labute approximate surface area is 150 Å². The lowest BCUT2D eigenvalue weighted by molar-refractivity contribution is -0.138. The number of nitrogens with zero attached hydrogens (tertiary/aromatic N) is 1. The highest BCUT2D eigenvalue weighted by Gasteiger charge is 2.20. The summed E-state index contributed by atoms with van der Waals surface area (Å²) in [5.74, 6) is -1.19. The molecule has 0 aliphatic carbocycles. The van der Waals surface area contributed by atoms with Crippen LogP contribution in [0.5, 0.6) is 0 Å². The van der Waals surface area contributed by atoms with Gasteiger partial charge in [-0.25, -0.2) is 9.18 Å². The smallest absolute Gasteiger partial charge is 0.340 e. The summed E-state index contributed by atoms with van der Waals surface area (Å²) in [5.41, 5.74) is 1.45. The first-order chi connectivity index (χ1) is 12.6. The van der Waals surface area contributed by atoms with E-state index in [2.05, 4.69) is 5.32 Å². The van der Waals surface area contributed by atoms with Gasteiger partial charge in [-0.2, -0.15) is 0 Å². The van der Waals surface area contributed by atoms with Crippen LogP contribution < -0.4 is 5.32 Å². The Morgan fingerprint density at radius 1 is 1.08 bits per heavy atom. The van der Waals surface area contributed by atoms with Crippen LogP contribution in [0.15, 0.2) is 48.5 Å². The number of carbonyl (C=O) groups excluding carboxylic acids is 2. The van der Waals surface area contributed by atoms with Gasteiger partial charge in [-0.15, -0.1) is 0 Å². The number of benzene rings is 2. The number of carbonyl (C=O) groups is 2. The van der Waals surface area contributed by atoms with Crippen molar-refractivity contribution >= 4 is 23.3 Å². The van der Waals surface area contributed by atoms with Crippen LogP contribution in [-0.2, 0) is 14.3 Å². The van der Waals surface area contributed by atoms with E-state index in [1.165, 1.54) is 12.1 Å². The fourth-order valence-electron chi connectivity index (χ4n) is 2.57. The van der Waals surface area contributed by atoms with Gasteiger partial charge in [0, 0.05) is 18.8 Å². The first kappa shape index (κ1) is 17.9. The van der Waals surface area contributed by atoms with Gasteiger partial charge in [-0.3, -0.25) is 4.79 Å². The summed E-state index contributed by atoms with van der Waals surface area (Å²) < 4.78 is 23.4. The highest BCUT2D eigenvalue weighted by Crippen LogP contribution is 2.22. The van der Waals surface area contributed by atoms with E-state index in [-0.39, 0.29) is 18.3 Å². The van der Waals surface area contributed by atoms with Gasteiger partial charge in [0.2, 0.25) is 0 Å². The van der Waals surface area contributed by atoms with Crippen molar-refractivity contribution in [2.24, 2.45) is 0 Å². The van der Waals surface area contributed by atoms with Crippen LogP contribution in [0, 0.1) is 5.82 Å². The molecular formula is C19H19FN2O4. The number of amides is 1. The van der Waals surface area contributed by atoms with E-state index in [0.717, 1.165) is 0 Å². The third-order valence-corrected chi connectivity index (χ3v) is 3.96. The maximum absolute atomic E-state index is 13.0. The first-order valence-electron chi connectivity index (χ1n) is 8.28. The van der Waals surface area contributed by atoms with Gasteiger partial charge in [-0.1, -0.05) is 12.1 Å². The molecule has 0 radical (unpaired) electrons. The van der Waals surface area contributed by atoms with Crippen LogP contribution in [-0.4, -0.2) is 49.7 Å². The van der Waals surface area contributed by atoms with Gasteiger partial charge in [0.25, 0.3) is 5.91 Å². The third-order valence-electron chi connectivity index (χ3n) is 3.96. The molecule has 2 aromatic carbocycles. The SMILES string of the molecule is O=C(OCC(=O)N1CCOCC1)c1ccccc1Nc1ccc(F)cc1. The van der Waals surface area contributed by atoms with Crippen LogP contribution in [0.25, 0.3) is 0 Å². The highest BCUT2D eigenvalue weighted by molar-refractivity contribution is 5.97. The number of hydrogen-bond acceptors (Lipinski definition) is 5. The maximum Gasteiger partial charge on any atom is 0.340 e. The Morgan fingerprint density at radius 2 is 1.77 bits per heavy atom. The molecule has 1 saturated heterocycles. The van der Waals surface area contributed by atoms with E-state index >= 15 is 0 Å². The van der Waals surface area contributed by atoms with Crippen LogP contribution in [0.2, 0.25) is 0 Å². The second kappa shape index (κ2) is 8.44. The van der Waals surface area contributed by atoms with Crippen molar-refractivity contribution in [1.29, 1.82) is 0 Å². The molecule has 26 heavy (non-hydrogen) atoms. The van der Waals surface area contributed by atoms with Crippen molar-refractivity contribution < 1.29 is 23.5 Å². The summed E-state index contributed by atoms with van der Waals surface area (Å²) in [5, 5.41) is 3.05. The molecule has 136 valence electrons. The molecule has 7 heteroatoms. The number of rotatable bonds is 5. The highest BCUT2D eigenvalue weighted by atomic mass is 19.1. The summed E-state index contributed by atoms with van der Waals surface area (Å²) in [6, 6.07) is 12.6. The zero-order valence-electron chi connectivity index (χ0n) is 14.1. The van der Waals surface area contributed by atoms with Gasteiger partial charge in [0.05, 0.1) is 24.5 Å². The Morgan fingerprint density at radius 3 is 2.50 bits per heavy atom. The normalized spacial score (nSPS) is 14.0. The van der Waals surface area contributed by atoms with Crippen molar-refractivity contribution in [3.8, 4) is 0 Å². The minimum atomic E-state index is -0.600. The van der Waals surface area contributed by atoms with Crippen LogP contribution in [0.3, 0.4) is 0 Å². The summed E-state index contributed by atoms with van der Waals surface area (Å²) in [6.07, 6.45) is 0. The van der Waals surface area contributed by atoms with Gasteiger partial charge in [0.1, 0.15) is 5.82 Å². The van der Waals surface area contributed by atoms with Crippen molar-refractivity contribution in [3.63, 3.8) is 0 Å². The van der Waals surface area contributed by atoms with Gasteiger partial charge < -0.3 is 19.7 Å². The Kier molecular flexibility index (Phi) is 5.80. The molecule has 3 rings (SSSR count). The summed E-state index contributed by atoms with van der Waals surface area (Å²) in [7, 11) is 0. The molecule has 0 spiro atoms. The number of morpholine rings is 1. The molecule has 1 aliphatic heterocycles. The van der Waals surface area contributed by atoms with E-state index in [1.54, 1.807) is 41.3 Å². The van der Waals surface area contributed by atoms with Gasteiger partial charge >= 0.3 is 5.97 Å². The van der Waals surface area contributed by atoms with E-state index in [9.17, 15) is 14.0 Å².